The Labute approximate surface area is 128 Å². The van der Waals surface area contributed by atoms with E-state index >= 15 is 0 Å². The fourth-order valence-corrected chi connectivity index (χ4v) is 2.90. The van der Waals surface area contributed by atoms with E-state index in [4.69, 9.17) is 15.2 Å². The third-order valence-electron chi connectivity index (χ3n) is 4.56. The molecule has 0 amide bonds. The zero-order valence-corrected chi connectivity index (χ0v) is 13.5. The first-order valence-corrected chi connectivity index (χ1v) is 7.77. The molecule has 1 heterocycles. The third kappa shape index (κ3) is 4.19. The summed E-state index contributed by atoms with van der Waals surface area (Å²) < 4.78 is 10.8. The van der Waals surface area contributed by atoms with Gasteiger partial charge in [0, 0.05) is 25.2 Å². The lowest BCUT2D eigenvalue weighted by Gasteiger charge is -2.44. The summed E-state index contributed by atoms with van der Waals surface area (Å²) in [4.78, 5) is 2.49. The number of ether oxygens (including phenoxy) is 2. The molecule has 0 radical (unpaired) electrons. The van der Waals surface area contributed by atoms with E-state index < -0.39 is 0 Å². The van der Waals surface area contributed by atoms with Crippen LogP contribution in [0.4, 0.5) is 0 Å². The second kappa shape index (κ2) is 7.25. The molecule has 1 saturated heterocycles. The summed E-state index contributed by atoms with van der Waals surface area (Å²) in [5, 5.41) is 0. The minimum Gasteiger partial charge on any atom is -0.497 e. The van der Waals surface area contributed by atoms with E-state index in [9.17, 15) is 0 Å². The third-order valence-corrected chi connectivity index (χ3v) is 4.56. The van der Waals surface area contributed by atoms with Crippen LogP contribution in [0.5, 0.6) is 5.75 Å². The van der Waals surface area contributed by atoms with E-state index in [-0.39, 0.29) is 5.54 Å². The number of benzene rings is 1. The molecule has 2 atom stereocenters. The molecule has 4 nitrogen and oxygen atoms in total. The van der Waals surface area contributed by atoms with Crippen LogP contribution in [-0.2, 0) is 11.2 Å². The molecule has 2 rings (SSSR count). The van der Waals surface area contributed by atoms with Gasteiger partial charge in [0.15, 0.2) is 0 Å². The van der Waals surface area contributed by atoms with Gasteiger partial charge in [0.25, 0.3) is 0 Å². The molecule has 0 aromatic heterocycles. The molecule has 4 heteroatoms. The van der Waals surface area contributed by atoms with Crippen molar-refractivity contribution < 1.29 is 9.47 Å². The van der Waals surface area contributed by atoms with Crippen LogP contribution in [0, 0.1) is 0 Å². The predicted molar refractivity (Wildman–Crippen MR) is 85.8 cm³/mol. The van der Waals surface area contributed by atoms with E-state index in [0.717, 1.165) is 38.3 Å². The van der Waals surface area contributed by atoms with Crippen molar-refractivity contribution in [3.05, 3.63) is 29.8 Å². The quantitative estimate of drug-likeness (QED) is 0.872. The fraction of sp³-hybridized carbons (Fsp3) is 0.647. The van der Waals surface area contributed by atoms with Crippen LogP contribution in [0.25, 0.3) is 0 Å². The van der Waals surface area contributed by atoms with Gasteiger partial charge >= 0.3 is 0 Å². The first-order chi connectivity index (χ1) is 10.1. The Kier molecular flexibility index (Phi) is 5.62. The van der Waals surface area contributed by atoms with Gasteiger partial charge in [0.05, 0.1) is 19.8 Å². The molecule has 1 aromatic carbocycles. The summed E-state index contributed by atoms with van der Waals surface area (Å²) in [5.41, 5.74) is 7.46. The summed E-state index contributed by atoms with van der Waals surface area (Å²) in [5.74, 6) is 0.905. The monoisotopic (exact) mass is 292 g/mol. The van der Waals surface area contributed by atoms with E-state index in [0.29, 0.717) is 12.6 Å². The summed E-state index contributed by atoms with van der Waals surface area (Å²) in [6.45, 7) is 7.83. The van der Waals surface area contributed by atoms with Crippen LogP contribution in [0.1, 0.15) is 25.8 Å². The number of nitrogens with two attached hydrogens (primary N) is 1. The van der Waals surface area contributed by atoms with Crippen molar-refractivity contribution in [3.63, 3.8) is 0 Å². The van der Waals surface area contributed by atoms with Crippen molar-refractivity contribution in [1.29, 1.82) is 0 Å². The normalized spacial score (nSPS) is 22.8. The molecule has 0 aliphatic carbocycles. The van der Waals surface area contributed by atoms with Gasteiger partial charge in [-0.15, -0.1) is 0 Å². The highest BCUT2D eigenvalue weighted by Crippen LogP contribution is 2.24. The predicted octanol–water partition coefficient (Wildman–Crippen LogP) is 2.07. The number of morpholine rings is 1. The Morgan fingerprint density at radius 1 is 1.38 bits per heavy atom. The molecule has 21 heavy (non-hydrogen) atoms. The van der Waals surface area contributed by atoms with Gasteiger partial charge in [0.1, 0.15) is 5.75 Å². The van der Waals surface area contributed by atoms with Crippen molar-refractivity contribution in [2.75, 3.05) is 33.4 Å². The largest absolute Gasteiger partial charge is 0.497 e. The molecule has 0 spiro atoms. The number of hydrogen-bond acceptors (Lipinski definition) is 4. The summed E-state index contributed by atoms with van der Waals surface area (Å²) >= 11 is 0. The average Bonchev–Trinajstić information content (AvgIpc) is 2.53. The second-order valence-corrected chi connectivity index (χ2v) is 6.18. The van der Waals surface area contributed by atoms with Gasteiger partial charge in [-0.3, -0.25) is 4.90 Å². The molecule has 2 N–H and O–H groups in total. The Morgan fingerprint density at radius 2 is 2.10 bits per heavy atom. The molecule has 0 saturated carbocycles. The highest BCUT2D eigenvalue weighted by molar-refractivity contribution is 5.27. The van der Waals surface area contributed by atoms with E-state index in [1.807, 2.05) is 12.1 Å². The van der Waals surface area contributed by atoms with Crippen LogP contribution < -0.4 is 10.5 Å². The van der Waals surface area contributed by atoms with E-state index in [2.05, 4.69) is 30.9 Å². The molecular formula is C17H28N2O2. The Hall–Kier alpha value is -1.10. The number of methoxy groups -OCH3 is 1. The topological polar surface area (TPSA) is 47.7 Å². The van der Waals surface area contributed by atoms with Crippen LogP contribution >= 0.6 is 0 Å². The fourth-order valence-electron chi connectivity index (χ4n) is 2.90. The van der Waals surface area contributed by atoms with Crippen LogP contribution in [0.3, 0.4) is 0 Å². The standard InChI is InChI=1S/C17H28N2O2/c1-14-12-19(10-11-21-14)17(2,13-18)9-8-15-4-6-16(20-3)7-5-15/h4-7,14H,8-13,18H2,1-3H3. The molecule has 2 unspecified atom stereocenters. The maximum Gasteiger partial charge on any atom is 0.118 e. The van der Waals surface area contributed by atoms with Crippen molar-refractivity contribution in [1.82, 2.24) is 4.90 Å². The number of hydrogen-bond donors (Lipinski definition) is 1. The summed E-state index contributed by atoms with van der Waals surface area (Å²) in [6.07, 6.45) is 2.39. The van der Waals surface area contributed by atoms with E-state index in [1.165, 1.54) is 5.56 Å². The first kappa shape index (κ1) is 16.3. The average molecular weight is 292 g/mol. The zero-order chi connectivity index (χ0) is 15.3. The summed E-state index contributed by atoms with van der Waals surface area (Å²) in [7, 11) is 1.69. The van der Waals surface area contributed by atoms with Gasteiger partial charge in [-0.25, -0.2) is 0 Å². The zero-order valence-electron chi connectivity index (χ0n) is 13.5. The smallest absolute Gasteiger partial charge is 0.118 e. The van der Waals surface area contributed by atoms with Crippen molar-refractivity contribution in [2.45, 2.75) is 38.3 Å². The summed E-state index contributed by atoms with van der Waals surface area (Å²) in [6, 6.07) is 8.31. The Morgan fingerprint density at radius 3 is 2.67 bits per heavy atom. The Balaban J connectivity index is 1.96. The maximum absolute atomic E-state index is 6.09. The lowest BCUT2D eigenvalue weighted by molar-refractivity contribution is -0.0580. The van der Waals surface area contributed by atoms with Gasteiger partial charge in [-0.2, -0.15) is 0 Å². The van der Waals surface area contributed by atoms with Crippen molar-refractivity contribution >= 4 is 0 Å². The molecule has 1 aliphatic heterocycles. The number of nitrogens with zero attached hydrogens (tertiary/aromatic N) is 1. The SMILES string of the molecule is COc1ccc(CCC(C)(CN)N2CCOC(C)C2)cc1. The van der Waals surface area contributed by atoms with Crippen molar-refractivity contribution in [2.24, 2.45) is 5.73 Å². The second-order valence-electron chi connectivity index (χ2n) is 6.18. The first-order valence-electron chi connectivity index (χ1n) is 7.77. The lowest BCUT2D eigenvalue weighted by Crippen LogP contribution is -2.57. The van der Waals surface area contributed by atoms with Crippen molar-refractivity contribution in [3.8, 4) is 5.75 Å². The number of aryl methyl sites for hydroxylation is 1. The van der Waals surface area contributed by atoms with E-state index in [1.54, 1.807) is 7.11 Å². The number of rotatable bonds is 6. The lowest BCUT2D eigenvalue weighted by atomic mass is 9.90. The van der Waals surface area contributed by atoms with Gasteiger partial charge < -0.3 is 15.2 Å². The Bertz CT molecular complexity index is 435. The molecule has 118 valence electrons. The van der Waals surface area contributed by atoms with Crippen LogP contribution in [0.2, 0.25) is 0 Å². The molecule has 1 aromatic rings. The van der Waals surface area contributed by atoms with Crippen LogP contribution in [-0.4, -0.2) is 49.9 Å². The minimum atomic E-state index is 0.0397. The maximum atomic E-state index is 6.09. The van der Waals surface area contributed by atoms with Crippen LogP contribution in [0.15, 0.2) is 24.3 Å². The highest BCUT2D eigenvalue weighted by atomic mass is 16.5. The molecular weight excluding hydrogens is 264 g/mol. The molecule has 1 fully saturated rings. The van der Waals surface area contributed by atoms with Gasteiger partial charge in [-0.05, 0) is 44.4 Å². The van der Waals surface area contributed by atoms with Gasteiger partial charge in [0.2, 0.25) is 0 Å². The minimum absolute atomic E-state index is 0.0397. The molecule has 0 bridgehead atoms. The highest BCUT2D eigenvalue weighted by Gasteiger charge is 2.33. The van der Waals surface area contributed by atoms with Gasteiger partial charge in [-0.1, -0.05) is 12.1 Å². The molecule has 1 aliphatic rings.